The van der Waals surface area contributed by atoms with Gasteiger partial charge < -0.3 is 4.74 Å². The maximum absolute atomic E-state index is 12.2. The molecule has 4 heteroatoms. The molecule has 0 heterocycles. The predicted octanol–water partition coefficient (Wildman–Crippen LogP) is 4.54. The number of Topliss-reactive ketones (excluding diaryl/α,β-unsaturated/α-hetero) is 1. The van der Waals surface area contributed by atoms with E-state index in [1.807, 2.05) is 30.3 Å². The summed E-state index contributed by atoms with van der Waals surface area (Å²) in [5, 5.41) is 0.466. The Kier molecular flexibility index (Phi) is 4.61. The summed E-state index contributed by atoms with van der Waals surface area (Å²) in [5.74, 6) is 0.778. The summed E-state index contributed by atoms with van der Waals surface area (Å²) in [7, 11) is 1.61. The Morgan fingerprint density at radius 2 is 1.89 bits per heavy atom. The average molecular weight is 340 g/mol. The van der Waals surface area contributed by atoms with E-state index in [4.69, 9.17) is 16.3 Å². The van der Waals surface area contributed by atoms with Crippen LogP contribution in [0.3, 0.4) is 0 Å². The zero-order chi connectivity index (χ0) is 13.8. The lowest BCUT2D eigenvalue weighted by Gasteiger charge is -2.05. The summed E-state index contributed by atoms with van der Waals surface area (Å²) in [5.41, 5.74) is 1.48. The van der Waals surface area contributed by atoms with Crippen LogP contribution in [-0.2, 0) is 6.42 Å². The van der Waals surface area contributed by atoms with Gasteiger partial charge in [0.15, 0.2) is 5.78 Å². The maximum Gasteiger partial charge on any atom is 0.168 e. The van der Waals surface area contributed by atoms with Gasteiger partial charge in [0.05, 0.1) is 12.1 Å². The molecule has 0 aromatic heterocycles. The van der Waals surface area contributed by atoms with Crippen molar-refractivity contribution in [1.29, 1.82) is 0 Å². The summed E-state index contributed by atoms with van der Waals surface area (Å²) >= 11 is 9.39. The smallest absolute Gasteiger partial charge is 0.168 e. The highest BCUT2D eigenvalue weighted by atomic mass is 79.9. The van der Waals surface area contributed by atoms with Crippen molar-refractivity contribution in [1.82, 2.24) is 0 Å². The van der Waals surface area contributed by atoms with Crippen LogP contribution in [0.15, 0.2) is 46.9 Å². The van der Waals surface area contributed by atoms with Gasteiger partial charge in [-0.25, -0.2) is 0 Å². The lowest BCUT2D eigenvalue weighted by atomic mass is 10.0. The topological polar surface area (TPSA) is 26.3 Å². The molecule has 0 unspecified atom stereocenters. The third-order valence-electron chi connectivity index (χ3n) is 2.76. The fourth-order valence-corrected chi connectivity index (χ4v) is 2.52. The van der Waals surface area contributed by atoms with Gasteiger partial charge in [-0.2, -0.15) is 0 Å². The first-order valence-corrected chi connectivity index (χ1v) is 6.88. The van der Waals surface area contributed by atoms with E-state index in [-0.39, 0.29) is 5.78 Å². The molecule has 2 nitrogen and oxygen atoms in total. The summed E-state index contributed by atoms with van der Waals surface area (Å²) in [6, 6.07) is 12.7. The number of methoxy groups -OCH3 is 1. The van der Waals surface area contributed by atoms with Gasteiger partial charge >= 0.3 is 0 Å². The van der Waals surface area contributed by atoms with Gasteiger partial charge in [-0.1, -0.05) is 39.7 Å². The summed E-state index contributed by atoms with van der Waals surface area (Å²) in [6.07, 6.45) is 0.325. The van der Waals surface area contributed by atoms with Gasteiger partial charge in [0, 0.05) is 16.5 Å². The minimum absolute atomic E-state index is 0.00247. The number of halogens is 2. The van der Waals surface area contributed by atoms with Crippen molar-refractivity contribution in [2.75, 3.05) is 7.11 Å². The molecule has 2 aromatic rings. The number of ketones is 1. The molecule has 0 N–H and O–H groups in total. The SMILES string of the molecule is COc1ccc(CC(=O)c2ccc(Br)cc2Cl)cc1. The van der Waals surface area contributed by atoms with E-state index < -0.39 is 0 Å². The van der Waals surface area contributed by atoms with Crippen molar-refractivity contribution in [3.05, 3.63) is 63.1 Å². The molecule has 0 aliphatic rings. The number of rotatable bonds is 4. The van der Waals surface area contributed by atoms with E-state index in [1.165, 1.54) is 0 Å². The Morgan fingerprint density at radius 3 is 2.47 bits per heavy atom. The van der Waals surface area contributed by atoms with Gasteiger partial charge in [-0.15, -0.1) is 0 Å². The molecule has 0 spiro atoms. The fourth-order valence-electron chi connectivity index (χ4n) is 1.74. The summed E-state index contributed by atoms with van der Waals surface area (Å²) < 4.78 is 5.94. The molecule has 98 valence electrons. The zero-order valence-electron chi connectivity index (χ0n) is 10.3. The van der Waals surface area contributed by atoms with Crippen LogP contribution in [0, 0.1) is 0 Å². The highest BCUT2D eigenvalue weighted by Crippen LogP contribution is 2.23. The number of benzene rings is 2. The minimum Gasteiger partial charge on any atom is -0.497 e. The number of carbonyl (C=O) groups is 1. The van der Waals surface area contributed by atoms with Crippen molar-refractivity contribution in [3.63, 3.8) is 0 Å². The van der Waals surface area contributed by atoms with E-state index in [0.717, 1.165) is 15.8 Å². The van der Waals surface area contributed by atoms with Crippen LogP contribution in [-0.4, -0.2) is 12.9 Å². The lowest BCUT2D eigenvalue weighted by Crippen LogP contribution is -2.04. The third kappa shape index (κ3) is 3.58. The van der Waals surface area contributed by atoms with Gasteiger partial charge in [-0.3, -0.25) is 4.79 Å². The summed E-state index contributed by atoms with van der Waals surface area (Å²) in [4.78, 5) is 12.2. The predicted molar refractivity (Wildman–Crippen MR) is 80.2 cm³/mol. The number of hydrogen-bond donors (Lipinski definition) is 0. The first-order chi connectivity index (χ1) is 9.10. The lowest BCUT2D eigenvalue weighted by molar-refractivity contribution is 0.0993. The van der Waals surface area contributed by atoms with E-state index in [0.29, 0.717) is 17.0 Å². The molecule has 2 rings (SSSR count). The molecule has 0 amide bonds. The molecular weight excluding hydrogens is 328 g/mol. The Bertz CT molecular complexity index is 594. The number of ether oxygens (including phenoxy) is 1. The van der Waals surface area contributed by atoms with Crippen molar-refractivity contribution in [3.8, 4) is 5.75 Å². The van der Waals surface area contributed by atoms with E-state index >= 15 is 0 Å². The Hall–Kier alpha value is -1.32. The molecule has 0 radical (unpaired) electrons. The Balaban J connectivity index is 2.15. The monoisotopic (exact) mass is 338 g/mol. The largest absolute Gasteiger partial charge is 0.497 e. The van der Waals surface area contributed by atoms with Crippen molar-refractivity contribution < 1.29 is 9.53 Å². The van der Waals surface area contributed by atoms with Gasteiger partial charge in [-0.05, 0) is 35.9 Å². The third-order valence-corrected chi connectivity index (χ3v) is 3.56. The van der Waals surface area contributed by atoms with Crippen LogP contribution >= 0.6 is 27.5 Å². The Labute approximate surface area is 125 Å². The van der Waals surface area contributed by atoms with E-state index in [1.54, 1.807) is 19.2 Å². The second-order valence-electron chi connectivity index (χ2n) is 4.07. The standard InChI is InChI=1S/C15H12BrClO2/c1-19-12-5-2-10(3-6-12)8-15(18)13-7-4-11(16)9-14(13)17/h2-7,9H,8H2,1H3. The fraction of sp³-hybridized carbons (Fsp3) is 0.133. The molecule has 0 saturated heterocycles. The van der Waals surface area contributed by atoms with Crippen LogP contribution in [0.25, 0.3) is 0 Å². The molecule has 0 bridgehead atoms. The molecule has 19 heavy (non-hydrogen) atoms. The van der Waals surface area contributed by atoms with E-state index in [2.05, 4.69) is 15.9 Å². The van der Waals surface area contributed by atoms with Crippen LogP contribution in [0.5, 0.6) is 5.75 Å². The normalized spacial score (nSPS) is 10.3. The first kappa shape index (κ1) is 14.1. The Morgan fingerprint density at radius 1 is 1.21 bits per heavy atom. The van der Waals surface area contributed by atoms with Gasteiger partial charge in [0.2, 0.25) is 0 Å². The van der Waals surface area contributed by atoms with Gasteiger partial charge in [0.1, 0.15) is 5.75 Å². The highest BCUT2D eigenvalue weighted by Gasteiger charge is 2.11. The quantitative estimate of drug-likeness (QED) is 0.765. The highest BCUT2D eigenvalue weighted by molar-refractivity contribution is 9.10. The van der Waals surface area contributed by atoms with Gasteiger partial charge in [0.25, 0.3) is 0 Å². The van der Waals surface area contributed by atoms with E-state index in [9.17, 15) is 4.79 Å². The molecular formula is C15H12BrClO2. The molecule has 0 fully saturated rings. The zero-order valence-corrected chi connectivity index (χ0v) is 12.7. The minimum atomic E-state index is 0.00247. The van der Waals surface area contributed by atoms with Crippen LogP contribution < -0.4 is 4.74 Å². The van der Waals surface area contributed by atoms with Crippen LogP contribution in [0.1, 0.15) is 15.9 Å². The molecule has 0 aliphatic heterocycles. The molecule has 0 aliphatic carbocycles. The molecule has 2 aromatic carbocycles. The second kappa shape index (κ2) is 6.22. The van der Waals surface area contributed by atoms with Crippen molar-refractivity contribution in [2.24, 2.45) is 0 Å². The van der Waals surface area contributed by atoms with Crippen LogP contribution in [0.4, 0.5) is 0 Å². The second-order valence-corrected chi connectivity index (χ2v) is 5.40. The number of carbonyl (C=O) groups excluding carboxylic acids is 1. The molecule has 0 saturated carbocycles. The average Bonchev–Trinajstić information content (AvgIpc) is 2.39. The van der Waals surface area contributed by atoms with Crippen molar-refractivity contribution in [2.45, 2.75) is 6.42 Å². The summed E-state index contributed by atoms with van der Waals surface area (Å²) in [6.45, 7) is 0. The van der Waals surface area contributed by atoms with Crippen LogP contribution in [0.2, 0.25) is 5.02 Å². The van der Waals surface area contributed by atoms with Crippen molar-refractivity contribution >= 4 is 33.3 Å². The first-order valence-electron chi connectivity index (χ1n) is 5.71. The number of hydrogen-bond acceptors (Lipinski definition) is 2. The molecule has 0 atom stereocenters. The maximum atomic E-state index is 12.2.